The number of carbonyl (C=O) groups is 3. The molecule has 0 aromatic heterocycles. The van der Waals surface area contributed by atoms with Gasteiger partial charge in [-0.1, -0.05) is 13.5 Å². The van der Waals surface area contributed by atoms with E-state index in [1.807, 2.05) is 0 Å². The van der Waals surface area contributed by atoms with Gasteiger partial charge in [-0.15, -0.1) is 0 Å². The summed E-state index contributed by atoms with van der Waals surface area (Å²) in [6, 6.07) is 0. The van der Waals surface area contributed by atoms with Gasteiger partial charge in [-0.25, -0.2) is 4.79 Å². The van der Waals surface area contributed by atoms with Crippen molar-refractivity contribution in [1.82, 2.24) is 5.06 Å². The lowest BCUT2D eigenvalue weighted by Gasteiger charge is -2.00. The van der Waals surface area contributed by atoms with Crippen molar-refractivity contribution in [2.24, 2.45) is 5.92 Å². The first kappa shape index (κ1) is 12.3. The first-order valence-electron chi connectivity index (χ1n) is 3.81. The van der Waals surface area contributed by atoms with Crippen molar-refractivity contribution in [2.45, 2.75) is 13.3 Å². The predicted molar refractivity (Wildman–Crippen MR) is 45.3 cm³/mol. The van der Waals surface area contributed by atoms with Gasteiger partial charge < -0.3 is 5.11 Å². The third kappa shape index (κ3) is 3.36. The Hall–Kier alpha value is -1.69. The molecule has 1 aliphatic heterocycles. The Morgan fingerprint density at radius 2 is 2.07 bits per heavy atom. The maximum atomic E-state index is 10.6. The zero-order valence-corrected chi connectivity index (χ0v) is 7.64. The summed E-state index contributed by atoms with van der Waals surface area (Å²) in [6.45, 7) is 4.57. The molecule has 1 rings (SSSR count). The minimum Gasteiger partial charge on any atom is -0.478 e. The largest absolute Gasteiger partial charge is 0.478 e. The number of rotatable bonds is 1. The summed E-state index contributed by atoms with van der Waals surface area (Å²) in [7, 11) is 0. The fourth-order valence-corrected chi connectivity index (χ4v) is 0.767. The molecule has 14 heavy (non-hydrogen) atoms. The van der Waals surface area contributed by atoms with E-state index in [4.69, 9.17) is 10.3 Å². The summed E-state index contributed by atoms with van der Waals surface area (Å²) < 4.78 is 0. The Bertz CT molecular complexity index is 273. The zero-order chi connectivity index (χ0) is 11.3. The van der Waals surface area contributed by atoms with Crippen LogP contribution in [0.15, 0.2) is 12.7 Å². The molecular formula is C8H11NO5. The molecule has 1 atom stereocenters. The third-order valence-electron chi connectivity index (χ3n) is 1.52. The van der Waals surface area contributed by atoms with Gasteiger partial charge in [0.05, 0.1) is 0 Å². The van der Waals surface area contributed by atoms with E-state index in [-0.39, 0.29) is 17.4 Å². The number of aliphatic carboxylic acids is 1. The van der Waals surface area contributed by atoms with Gasteiger partial charge in [-0.05, 0) is 0 Å². The second-order valence-electron chi connectivity index (χ2n) is 2.69. The molecule has 0 aromatic carbocycles. The van der Waals surface area contributed by atoms with Gasteiger partial charge in [-0.3, -0.25) is 14.8 Å². The smallest absolute Gasteiger partial charge is 0.327 e. The van der Waals surface area contributed by atoms with E-state index in [0.717, 1.165) is 6.08 Å². The zero-order valence-electron chi connectivity index (χ0n) is 7.64. The highest BCUT2D eigenvalue weighted by Crippen LogP contribution is 2.15. The number of carboxylic acid groups (broad SMARTS) is 1. The molecule has 1 aliphatic rings. The van der Waals surface area contributed by atoms with Crippen LogP contribution in [0.3, 0.4) is 0 Å². The maximum Gasteiger partial charge on any atom is 0.327 e. The van der Waals surface area contributed by atoms with Crippen molar-refractivity contribution in [2.75, 3.05) is 0 Å². The number of carbonyl (C=O) groups excluding carboxylic acids is 2. The summed E-state index contributed by atoms with van der Waals surface area (Å²) in [5.41, 5.74) is 0. The Kier molecular flexibility index (Phi) is 4.51. The normalized spacial score (nSPS) is 20.1. The van der Waals surface area contributed by atoms with Crippen molar-refractivity contribution in [3.05, 3.63) is 12.7 Å². The number of carboxylic acids is 1. The molecule has 0 saturated carbocycles. The lowest BCUT2D eigenvalue weighted by atomic mass is 10.1. The topological polar surface area (TPSA) is 94.9 Å². The van der Waals surface area contributed by atoms with Crippen LogP contribution in [-0.2, 0) is 14.4 Å². The van der Waals surface area contributed by atoms with Gasteiger partial charge in [0, 0.05) is 18.4 Å². The molecule has 0 radical (unpaired) electrons. The fourth-order valence-electron chi connectivity index (χ4n) is 0.767. The molecule has 0 aliphatic carbocycles. The van der Waals surface area contributed by atoms with E-state index in [1.165, 1.54) is 0 Å². The number of hydroxylamine groups is 2. The molecule has 0 spiro atoms. The Balaban J connectivity index is 0.000000292. The number of amides is 2. The molecule has 6 heteroatoms. The van der Waals surface area contributed by atoms with E-state index in [9.17, 15) is 14.4 Å². The molecule has 78 valence electrons. The SMILES string of the molecule is C=CC(=O)O.CC1CC(=O)N(O)C1=O. The van der Waals surface area contributed by atoms with Crippen molar-refractivity contribution in [1.29, 1.82) is 0 Å². The standard InChI is InChI=1S/C5H7NO3.C3H4O2/c1-3-2-4(7)6(9)5(3)8;1-2-3(4)5/h3,9H,2H2,1H3;2H,1H2,(H,4,5). The number of nitrogens with zero attached hydrogens (tertiary/aromatic N) is 1. The van der Waals surface area contributed by atoms with E-state index < -0.39 is 17.8 Å². The lowest BCUT2D eigenvalue weighted by molar-refractivity contribution is -0.172. The van der Waals surface area contributed by atoms with Crippen LogP contribution in [-0.4, -0.2) is 33.2 Å². The van der Waals surface area contributed by atoms with E-state index >= 15 is 0 Å². The summed E-state index contributed by atoms with van der Waals surface area (Å²) in [5, 5.41) is 16.4. The van der Waals surface area contributed by atoms with E-state index in [1.54, 1.807) is 6.92 Å². The molecule has 2 N–H and O–H groups in total. The molecule has 0 aromatic rings. The molecular weight excluding hydrogens is 190 g/mol. The Morgan fingerprint density at radius 3 is 2.14 bits per heavy atom. The van der Waals surface area contributed by atoms with E-state index in [0.29, 0.717) is 0 Å². The lowest BCUT2D eigenvalue weighted by Crippen LogP contribution is -2.25. The average molecular weight is 201 g/mol. The molecule has 1 unspecified atom stereocenters. The van der Waals surface area contributed by atoms with Crippen LogP contribution in [0.5, 0.6) is 0 Å². The first-order valence-corrected chi connectivity index (χ1v) is 3.81. The molecule has 2 amide bonds. The van der Waals surface area contributed by atoms with Crippen LogP contribution in [0.25, 0.3) is 0 Å². The van der Waals surface area contributed by atoms with Crippen molar-refractivity contribution < 1.29 is 24.7 Å². The highest BCUT2D eigenvalue weighted by molar-refractivity contribution is 6.01. The summed E-state index contributed by atoms with van der Waals surface area (Å²) in [5.74, 6) is -2.33. The predicted octanol–water partition coefficient (Wildman–Crippen LogP) is 0.0276. The van der Waals surface area contributed by atoms with Gasteiger partial charge in [-0.2, -0.15) is 5.06 Å². The second-order valence-corrected chi connectivity index (χ2v) is 2.69. The summed E-state index contributed by atoms with van der Waals surface area (Å²) in [4.78, 5) is 30.3. The van der Waals surface area contributed by atoms with Crippen LogP contribution in [0, 0.1) is 5.92 Å². The highest BCUT2D eigenvalue weighted by atomic mass is 16.5. The Labute approximate surface area is 80.4 Å². The molecule has 1 heterocycles. The maximum absolute atomic E-state index is 10.6. The van der Waals surface area contributed by atoms with Crippen molar-refractivity contribution in [3.63, 3.8) is 0 Å². The van der Waals surface area contributed by atoms with Crippen molar-refractivity contribution in [3.8, 4) is 0 Å². The number of imide groups is 1. The van der Waals surface area contributed by atoms with Crippen LogP contribution < -0.4 is 0 Å². The van der Waals surface area contributed by atoms with Crippen LogP contribution >= 0.6 is 0 Å². The van der Waals surface area contributed by atoms with Gasteiger partial charge in [0.1, 0.15) is 0 Å². The molecule has 0 bridgehead atoms. The molecule has 6 nitrogen and oxygen atoms in total. The fraction of sp³-hybridized carbons (Fsp3) is 0.375. The van der Waals surface area contributed by atoms with Gasteiger partial charge in [0.25, 0.3) is 11.8 Å². The van der Waals surface area contributed by atoms with Gasteiger partial charge in [0.2, 0.25) is 0 Å². The molecule has 1 fully saturated rings. The Morgan fingerprint density at radius 1 is 1.64 bits per heavy atom. The quantitative estimate of drug-likeness (QED) is 0.354. The minimum absolute atomic E-state index is 0.134. The monoisotopic (exact) mass is 201 g/mol. The van der Waals surface area contributed by atoms with E-state index in [2.05, 4.69) is 6.58 Å². The minimum atomic E-state index is -0.981. The summed E-state index contributed by atoms with van der Waals surface area (Å²) >= 11 is 0. The van der Waals surface area contributed by atoms with Crippen LogP contribution in [0.1, 0.15) is 13.3 Å². The van der Waals surface area contributed by atoms with Gasteiger partial charge in [0.15, 0.2) is 0 Å². The second kappa shape index (κ2) is 5.13. The molecule has 1 saturated heterocycles. The van der Waals surface area contributed by atoms with Gasteiger partial charge >= 0.3 is 5.97 Å². The highest BCUT2D eigenvalue weighted by Gasteiger charge is 2.34. The summed E-state index contributed by atoms with van der Waals surface area (Å²) in [6.07, 6.45) is 0.968. The first-order chi connectivity index (χ1) is 6.40. The van der Waals surface area contributed by atoms with Crippen LogP contribution in [0.2, 0.25) is 0 Å². The number of hydrogen-bond donors (Lipinski definition) is 2. The average Bonchev–Trinajstić information content (AvgIpc) is 2.34. The number of hydrogen-bond acceptors (Lipinski definition) is 4. The third-order valence-corrected chi connectivity index (χ3v) is 1.52. The van der Waals surface area contributed by atoms with Crippen molar-refractivity contribution >= 4 is 17.8 Å². The van der Waals surface area contributed by atoms with Crippen LogP contribution in [0.4, 0.5) is 0 Å².